The molecule has 22 nitrogen and oxygen atoms in total. The lowest BCUT2D eigenvalue weighted by Gasteiger charge is -2.19. The summed E-state index contributed by atoms with van der Waals surface area (Å²) in [6.45, 7) is 6.41. The Morgan fingerprint density at radius 1 is 0.618 bits per heavy atom. The van der Waals surface area contributed by atoms with Gasteiger partial charge in [0.25, 0.3) is 11.8 Å². The molecule has 0 aromatic carbocycles. The maximum absolute atomic E-state index is 11.9. The molecule has 0 aliphatic carbocycles. The molecule has 3 aromatic rings. The summed E-state index contributed by atoms with van der Waals surface area (Å²) in [7, 11) is -10.1. The van der Waals surface area contributed by atoms with Gasteiger partial charge in [0, 0.05) is 44.8 Å². The highest BCUT2D eigenvalue weighted by Crippen LogP contribution is 2.09. The Bertz CT molecular complexity index is 2080. The third kappa shape index (κ3) is 22.9. The molecular formula is C30H44N10O12S3. The number of hydrogen-bond acceptors (Lipinski definition) is 15. The Labute approximate surface area is 318 Å². The predicted molar refractivity (Wildman–Crippen MR) is 203 cm³/mol. The molecule has 3 heterocycles. The lowest BCUT2D eigenvalue weighted by molar-refractivity contribution is 0.0525. The Hall–Kier alpha value is -5.66. The first-order valence-corrected chi connectivity index (χ1v) is 21.2. The summed E-state index contributed by atoms with van der Waals surface area (Å²) in [6.07, 6.45) is 6.08. The Kier molecular flexibility index (Phi) is 18.3. The first-order chi connectivity index (χ1) is 25.3. The Morgan fingerprint density at radius 2 is 0.964 bits per heavy atom. The molecule has 0 saturated heterocycles. The highest BCUT2D eigenvalue weighted by atomic mass is 32.2. The summed E-state index contributed by atoms with van der Waals surface area (Å²) >= 11 is 0. The molecule has 0 unspecified atom stereocenters. The molecule has 304 valence electrons. The minimum Gasteiger partial charge on any atom is -0.478 e. The van der Waals surface area contributed by atoms with Crippen LogP contribution in [0.1, 0.15) is 51.8 Å². The lowest BCUT2D eigenvalue weighted by atomic mass is 10.2. The standard InChI is InChI=1S/C14H22N4O5S.C9H14N4O3S.C7H8N2O4S/c1-14(2,3)23-13(20)16-8-7-15-12(19)10-5-6-11(17-9-10)18-24(4,21)22;1-17(15,16)13-8-3-2-7(6-12-8)9(14)11-5-4-10;1-14(12,13)9-6-3-2-5(4-8-6)7(10)11/h5-6,9H,7-8H2,1-4H3,(H,15,19)(H,16,20)(H,17,18);2-3,6H,4-5,10H2,1H3,(H,11,14)(H,12,13);2-4H,1H3,(H,8,9)(H,10,11). The van der Waals surface area contributed by atoms with Gasteiger partial charge in [-0.1, -0.05) is 0 Å². The van der Waals surface area contributed by atoms with Gasteiger partial charge in [-0.25, -0.2) is 49.8 Å². The molecule has 0 bridgehead atoms. The number of amides is 3. The molecule has 25 heteroatoms. The number of anilines is 3. The maximum Gasteiger partial charge on any atom is 0.407 e. The van der Waals surface area contributed by atoms with Crippen molar-refractivity contribution in [1.29, 1.82) is 0 Å². The van der Waals surface area contributed by atoms with Gasteiger partial charge in [0.1, 0.15) is 23.1 Å². The minimum absolute atomic E-state index is 0.00375. The van der Waals surface area contributed by atoms with Crippen LogP contribution in [-0.4, -0.2) is 120 Å². The van der Waals surface area contributed by atoms with E-state index in [2.05, 4.69) is 45.1 Å². The summed E-state index contributed by atoms with van der Waals surface area (Å²) in [5.74, 6) is -1.40. The van der Waals surface area contributed by atoms with E-state index in [1.165, 1.54) is 48.8 Å². The van der Waals surface area contributed by atoms with Crippen LogP contribution in [0.3, 0.4) is 0 Å². The number of nitrogens with zero attached hydrogens (tertiary/aromatic N) is 3. The number of alkyl carbamates (subject to hydrolysis) is 1. The third-order valence-electron chi connectivity index (χ3n) is 5.44. The van der Waals surface area contributed by atoms with Gasteiger partial charge in [-0.3, -0.25) is 23.8 Å². The first-order valence-electron chi connectivity index (χ1n) is 15.5. The number of aromatic carboxylic acids is 1. The van der Waals surface area contributed by atoms with Crippen molar-refractivity contribution in [2.24, 2.45) is 5.73 Å². The number of carbonyl (C=O) groups is 4. The SMILES string of the molecule is CC(C)(C)OC(=O)NCCNC(=O)c1ccc(NS(C)(=O)=O)nc1.CS(=O)(=O)Nc1ccc(C(=O)NCCN)cn1.CS(=O)(=O)Nc1ccc(C(=O)O)cn1. The van der Waals surface area contributed by atoms with E-state index >= 15 is 0 Å². The van der Waals surface area contributed by atoms with E-state index in [4.69, 9.17) is 15.6 Å². The van der Waals surface area contributed by atoms with Crippen LogP contribution in [0.2, 0.25) is 0 Å². The normalized spacial score (nSPS) is 11.2. The Balaban J connectivity index is 0.000000430. The minimum atomic E-state index is -3.41. The number of nitrogens with one attached hydrogen (secondary N) is 6. The van der Waals surface area contributed by atoms with E-state index < -0.39 is 47.7 Å². The van der Waals surface area contributed by atoms with Crippen molar-refractivity contribution < 1.29 is 54.3 Å². The number of hydrogen-bond donors (Lipinski definition) is 8. The van der Waals surface area contributed by atoms with Crippen LogP contribution < -0.4 is 35.9 Å². The van der Waals surface area contributed by atoms with Crippen LogP contribution in [0.5, 0.6) is 0 Å². The topological polar surface area (TPSA) is 337 Å². The van der Waals surface area contributed by atoms with Crippen LogP contribution in [0.4, 0.5) is 22.2 Å². The van der Waals surface area contributed by atoms with Crippen molar-refractivity contribution in [3.63, 3.8) is 0 Å². The lowest BCUT2D eigenvalue weighted by Crippen LogP contribution is -2.37. The largest absolute Gasteiger partial charge is 0.478 e. The molecule has 9 N–H and O–H groups in total. The molecule has 0 atom stereocenters. The van der Waals surface area contributed by atoms with Crippen molar-refractivity contribution in [3.8, 4) is 0 Å². The summed E-state index contributed by atoms with van der Waals surface area (Å²) < 4.78 is 77.0. The number of nitrogens with two attached hydrogens (primary N) is 1. The van der Waals surface area contributed by atoms with Crippen molar-refractivity contribution in [1.82, 2.24) is 30.9 Å². The number of rotatable bonds is 14. The average Bonchev–Trinajstić information content (AvgIpc) is 3.04. The molecule has 3 rings (SSSR count). The highest BCUT2D eigenvalue weighted by Gasteiger charge is 2.16. The molecule has 0 aliphatic rings. The molecule has 0 aliphatic heterocycles. The van der Waals surface area contributed by atoms with Crippen molar-refractivity contribution in [2.45, 2.75) is 26.4 Å². The van der Waals surface area contributed by atoms with E-state index in [1.807, 2.05) is 0 Å². The fraction of sp³-hybridized carbons (Fsp3) is 0.367. The smallest absolute Gasteiger partial charge is 0.407 e. The Morgan fingerprint density at radius 3 is 1.25 bits per heavy atom. The van der Waals surface area contributed by atoms with Crippen LogP contribution in [0.15, 0.2) is 55.0 Å². The molecular weight excluding hydrogens is 789 g/mol. The van der Waals surface area contributed by atoms with Gasteiger partial charge in [0.05, 0.1) is 35.5 Å². The molecule has 3 amide bonds. The number of pyridine rings is 3. The quantitative estimate of drug-likeness (QED) is 0.0991. The predicted octanol–water partition coefficient (Wildman–Crippen LogP) is 0.000500. The van der Waals surface area contributed by atoms with E-state index in [0.29, 0.717) is 18.7 Å². The number of carbonyl (C=O) groups excluding carboxylic acids is 3. The number of aromatic nitrogens is 3. The van der Waals surface area contributed by atoms with E-state index in [9.17, 15) is 44.4 Å². The summed E-state index contributed by atoms with van der Waals surface area (Å²) in [5.41, 5.74) is 5.28. The summed E-state index contributed by atoms with van der Waals surface area (Å²) in [4.78, 5) is 56.4. The number of carboxylic acid groups (broad SMARTS) is 1. The van der Waals surface area contributed by atoms with E-state index in [1.54, 1.807) is 20.8 Å². The zero-order valence-electron chi connectivity index (χ0n) is 30.6. The van der Waals surface area contributed by atoms with Gasteiger partial charge in [-0.15, -0.1) is 0 Å². The zero-order valence-corrected chi connectivity index (χ0v) is 33.1. The van der Waals surface area contributed by atoms with E-state index in [0.717, 1.165) is 25.0 Å². The van der Waals surface area contributed by atoms with Gasteiger partial charge in [-0.2, -0.15) is 0 Å². The van der Waals surface area contributed by atoms with Crippen LogP contribution in [0, 0.1) is 0 Å². The first kappa shape index (κ1) is 47.4. The molecule has 3 aromatic heterocycles. The number of ether oxygens (including phenoxy) is 1. The second-order valence-corrected chi connectivity index (χ2v) is 17.2. The highest BCUT2D eigenvalue weighted by molar-refractivity contribution is 7.92. The van der Waals surface area contributed by atoms with Gasteiger partial charge in [-0.05, 0) is 57.2 Å². The fourth-order valence-corrected chi connectivity index (χ4v) is 4.87. The monoisotopic (exact) mass is 832 g/mol. The number of carboxylic acids is 1. The number of sulfonamides is 3. The third-order valence-corrected chi connectivity index (χ3v) is 7.18. The van der Waals surface area contributed by atoms with Gasteiger partial charge in [0.2, 0.25) is 30.1 Å². The summed E-state index contributed by atoms with van der Waals surface area (Å²) in [6, 6.07) is 8.27. The van der Waals surface area contributed by atoms with Crippen molar-refractivity contribution in [3.05, 3.63) is 71.7 Å². The molecule has 0 fully saturated rings. The average molecular weight is 833 g/mol. The van der Waals surface area contributed by atoms with Crippen molar-refractivity contribution >= 4 is 71.4 Å². The summed E-state index contributed by atoms with van der Waals surface area (Å²) in [5, 5.41) is 16.2. The van der Waals surface area contributed by atoms with Crippen LogP contribution >= 0.6 is 0 Å². The molecule has 0 radical (unpaired) electrons. The van der Waals surface area contributed by atoms with E-state index in [-0.39, 0.29) is 53.5 Å². The van der Waals surface area contributed by atoms with Crippen LogP contribution in [-0.2, 0) is 34.8 Å². The van der Waals surface area contributed by atoms with Gasteiger partial charge in [0.15, 0.2) is 0 Å². The fourth-order valence-electron chi connectivity index (χ4n) is 3.37. The van der Waals surface area contributed by atoms with Gasteiger partial charge < -0.3 is 31.5 Å². The van der Waals surface area contributed by atoms with Gasteiger partial charge >= 0.3 is 12.1 Å². The zero-order chi connectivity index (χ0) is 42.0. The molecule has 0 saturated carbocycles. The second kappa shape index (κ2) is 21.3. The maximum atomic E-state index is 11.9. The molecule has 55 heavy (non-hydrogen) atoms. The second-order valence-electron chi connectivity index (χ2n) is 12.0. The molecule has 0 spiro atoms. The van der Waals surface area contributed by atoms with Crippen LogP contribution in [0.25, 0.3) is 0 Å². The van der Waals surface area contributed by atoms with Crippen molar-refractivity contribution in [2.75, 3.05) is 59.1 Å².